The molecular formula is C22H32N4O. The second-order valence-corrected chi connectivity index (χ2v) is 8.71. The number of aromatic nitrogens is 2. The molecule has 5 nitrogen and oxygen atoms in total. The molecule has 0 radical (unpaired) electrons. The van der Waals surface area contributed by atoms with Crippen LogP contribution in [0.25, 0.3) is 0 Å². The second kappa shape index (κ2) is 8.70. The van der Waals surface area contributed by atoms with Gasteiger partial charge in [0.05, 0.1) is 18.9 Å². The maximum absolute atomic E-state index is 12.7. The van der Waals surface area contributed by atoms with Crippen LogP contribution in [0, 0.1) is 5.41 Å². The van der Waals surface area contributed by atoms with Gasteiger partial charge in [0.15, 0.2) is 0 Å². The normalized spacial score (nSPS) is 17.6. The number of piperidine rings is 1. The average molecular weight is 369 g/mol. The minimum atomic E-state index is -0.0137. The highest BCUT2D eigenvalue weighted by atomic mass is 16.2. The van der Waals surface area contributed by atoms with E-state index in [-0.39, 0.29) is 17.4 Å². The fourth-order valence-corrected chi connectivity index (χ4v) is 3.73. The molecule has 1 aliphatic heterocycles. The van der Waals surface area contributed by atoms with E-state index in [0.717, 1.165) is 32.5 Å². The second-order valence-electron chi connectivity index (χ2n) is 8.71. The summed E-state index contributed by atoms with van der Waals surface area (Å²) in [4.78, 5) is 19.1. The van der Waals surface area contributed by atoms with Crippen molar-refractivity contribution in [3.8, 4) is 0 Å². The summed E-state index contributed by atoms with van der Waals surface area (Å²) in [6.07, 6.45) is 7.76. The van der Waals surface area contributed by atoms with Crippen LogP contribution in [0.4, 0.5) is 0 Å². The van der Waals surface area contributed by atoms with Gasteiger partial charge in [-0.2, -0.15) is 0 Å². The number of nitrogens with zero attached hydrogens (tertiary/aromatic N) is 3. The molecule has 1 unspecified atom stereocenters. The Morgan fingerprint density at radius 2 is 1.93 bits per heavy atom. The predicted octanol–water partition coefficient (Wildman–Crippen LogP) is 3.29. The maximum Gasteiger partial charge on any atom is 0.234 e. The molecule has 3 rings (SSSR count). The first-order chi connectivity index (χ1) is 12.9. The number of rotatable bonds is 6. The Kier molecular flexibility index (Phi) is 6.32. The zero-order valence-corrected chi connectivity index (χ0v) is 16.8. The monoisotopic (exact) mass is 368 g/mol. The van der Waals surface area contributed by atoms with Gasteiger partial charge in [-0.15, -0.1) is 0 Å². The fourth-order valence-electron chi connectivity index (χ4n) is 3.73. The Labute approximate surface area is 162 Å². The van der Waals surface area contributed by atoms with Gasteiger partial charge in [-0.25, -0.2) is 4.98 Å². The lowest BCUT2D eigenvalue weighted by molar-refractivity contribution is -0.124. The molecule has 27 heavy (non-hydrogen) atoms. The lowest BCUT2D eigenvalue weighted by atomic mass is 9.86. The van der Waals surface area contributed by atoms with Crippen molar-refractivity contribution in [2.75, 3.05) is 19.6 Å². The van der Waals surface area contributed by atoms with Gasteiger partial charge >= 0.3 is 0 Å². The van der Waals surface area contributed by atoms with Crippen molar-refractivity contribution in [1.29, 1.82) is 0 Å². The van der Waals surface area contributed by atoms with E-state index in [1.807, 2.05) is 10.8 Å². The molecule has 0 saturated carbocycles. The number of likely N-dealkylation sites (tertiary alicyclic amines) is 1. The molecule has 0 bridgehead atoms. The molecule has 2 heterocycles. The van der Waals surface area contributed by atoms with Crippen LogP contribution < -0.4 is 5.32 Å². The first kappa shape index (κ1) is 19.6. The largest absolute Gasteiger partial charge is 0.350 e. The first-order valence-corrected chi connectivity index (χ1v) is 9.94. The van der Waals surface area contributed by atoms with Crippen molar-refractivity contribution >= 4 is 5.91 Å². The predicted molar refractivity (Wildman–Crippen MR) is 108 cm³/mol. The Bertz CT molecular complexity index is 698. The maximum atomic E-state index is 12.7. The first-order valence-electron chi connectivity index (χ1n) is 9.94. The van der Waals surface area contributed by atoms with Gasteiger partial charge in [-0.3, -0.25) is 9.69 Å². The molecule has 1 fully saturated rings. The minimum Gasteiger partial charge on any atom is -0.350 e. The van der Waals surface area contributed by atoms with E-state index < -0.39 is 0 Å². The SMILES string of the molecule is CC(C)(C)C(Cn1ccnc1)NC(=O)CN1CCC(c2ccccc2)CC1. The Hall–Kier alpha value is -2.14. The lowest BCUT2D eigenvalue weighted by Crippen LogP contribution is -2.50. The third kappa shape index (κ3) is 5.67. The van der Waals surface area contributed by atoms with E-state index in [4.69, 9.17) is 0 Å². The Morgan fingerprint density at radius 1 is 1.22 bits per heavy atom. The summed E-state index contributed by atoms with van der Waals surface area (Å²) in [6, 6.07) is 10.8. The number of hydrogen-bond acceptors (Lipinski definition) is 3. The molecule has 0 spiro atoms. The zero-order valence-electron chi connectivity index (χ0n) is 16.8. The lowest BCUT2D eigenvalue weighted by Gasteiger charge is -2.34. The molecule has 146 valence electrons. The smallest absolute Gasteiger partial charge is 0.234 e. The standard InChI is InChI=1S/C22H32N4O/c1-22(2,3)20(15-26-14-11-23-17-26)24-21(27)16-25-12-9-19(10-13-25)18-7-5-4-6-8-18/h4-8,11,14,17,19-20H,9-10,12-13,15-16H2,1-3H3,(H,24,27). The van der Waals surface area contributed by atoms with Crippen LogP contribution in [0.1, 0.15) is 45.1 Å². The number of nitrogens with one attached hydrogen (secondary N) is 1. The van der Waals surface area contributed by atoms with Crippen molar-refractivity contribution in [3.63, 3.8) is 0 Å². The van der Waals surface area contributed by atoms with E-state index in [1.165, 1.54) is 5.56 Å². The third-order valence-electron chi connectivity index (χ3n) is 5.56. The number of hydrogen-bond donors (Lipinski definition) is 1. The molecule has 1 N–H and O–H groups in total. The van der Waals surface area contributed by atoms with Crippen LogP contribution in [0.3, 0.4) is 0 Å². The summed E-state index contributed by atoms with van der Waals surface area (Å²) >= 11 is 0. The average Bonchev–Trinajstić information content (AvgIpc) is 3.15. The highest BCUT2D eigenvalue weighted by Crippen LogP contribution is 2.27. The van der Waals surface area contributed by atoms with Crippen molar-refractivity contribution in [2.45, 2.75) is 52.1 Å². The molecule has 1 saturated heterocycles. The van der Waals surface area contributed by atoms with Crippen LogP contribution in [0.15, 0.2) is 49.1 Å². The molecular weight excluding hydrogens is 336 g/mol. The summed E-state index contributed by atoms with van der Waals surface area (Å²) < 4.78 is 2.03. The van der Waals surface area contributed by atoms with E-state index in [2.05, 4.69) is 66.3 Å². The van der Waals surface area contributed by atoms with Gasteiger partial charge in [0.1, 0.15) is 0 Å². The number of carbonyl (C=O) groups excluding carboxylic acids is 1. The minimum absolute atomic E-state index is 0.0137. The van der Waals surface area contributed by atoms with E-state index in [9.17, 15) is 4.79 Å². The van der Waals surface area contributed by atoms with Crippen LogP contribution in [-0.2, 0) is 11.3 Å². The van der Waals surface area contributed by atoms with Crippen LogP contribution in [0.2, 0.25) is 0 Å². The Morgan fingerprint density at radius 3 is 2.52 bits per heavy atom. The summed E-state index contributed by atoms with van der Waals surface area (Å²) in [5, 5.41) is 3.26. The number of imidazole rings is 1. The van der Waals surface area contributed by atoms with Gasteiger partial charge in [0.2, 0.25) is 5.91 Å². The van der Waals surface area contributed by atoms with Crippen molar-refractivity contribution in [3.05, 3.63) is 54.6 Å². The van der Waals surface area contributed by atoms with Crippen LogP contribution >= 0.6 is 0 Å². The fraction of sp³-hybridized carbons (Fsp3) is 0.545. The number of amides is 1. The highest BCUT2D eigenvalue weighted by Gasteiger charge is 2.28. The molecule has 5 heteroatoms. The van der Waals surface area contributed by atoms with Gasteiger partial charge in [0.25, 0.3) is 0 Å². The van der Waals surface area contributed by atoms with E-state index >= 15 is 0 Å². The Balaban J connectivity index is 1.49. The number of benzene rings is 1. The molecule has 1 amide bonds. The molecule has 1 atom stereocenters. The van der Waals surface area contributed by atoms with Crippen LogP contribution in [-0.4, -0.2) is 46.0 Å². The molecule has 1 aromatic carbocycles. The quantitative estimate of drug-likeness (QED) is 0.851. The van der Waals surface area contributed by atoms with E-state index in [0.29, 0.717) is 12.5 Å². The summed E-state index contributed by atoms with van der Waals surface area (Å²) in [5.41, 5.74) is 1.41. The third-order valence-corrected chi connectivity index (χ3v) is 5.56. The molecule has 1 aliphatic rings. The zero-order chi connectivity index (χ0) is 19.3. The van der Waals surface area contributed by atoms with Crippen molar-refractivity contribution in [2.24, 2.45) is 5.41 Å². The van der Waals surface area contributed by atoms with Gasteiger partial charge < -0.3 is 9.88 Å². The number of carbonyl (C=O) groups is 1. The summed E-state index contributed by atoms with van der Waals surface area (Å²) in [7, 11) is 0. The molecule has 2 aromatic rings. The van der Waals surface area contributed by atoms with Gasteiger partial charge in [-0.1, -0.05) is 51.1 Å². The molecule has 1 aromatic heterocycles. The summed E-state index contributed by atoms with van der Waals surface area (Å²) in [5.74, 6) is 0.738. The molecule has 0 aliphatic carbocycles. The van der Waals surface area contributed by atoms with Gasteiger partial charge in [0, 0.05) is 18.9 Å². The highest BCUT2D eigenvalue weighted by molar-refractivity contribution is 5.78. The van der Waals surface area contributed by atoms with Gasteiger partial charge in [-0.05, 0) is 42.8 Å². The topological polar surface area (TPSA) is 50.2 Å². The van der Waals surface area contributed by atoms with Crippen molar-refractivity contribution < 1.29 is 4.79 Å². The summed E-state index contributed by atoms with van der Waals surface area (Å²) in [6.45, 7) is 9.69. The van der Waals surface area contributed by atoms with Crippen LogP contribution in [0.5, 0.6) is 0 Å². The van der Waals surface area contributed by atoms with Crippen molar-refractivity contribution in [1.82, 2.24) is 19.8 Å². The van der Waals surface area contributed by atoms with E-state index in [1.54, 1.807) is 12.5 Å².